The van der Waals surface area contributed by atoms with Gasteiger partial charge in [0.15, 0.2) is 0 Å². The van der Waals surface area contributed by atoms with Crippen LogP contribution in [0.25, 0.3) is 16.9 Å². The molecule has 1 aliphatic heterocycles. The Hall–Kier alpha value is -2.52. The molecule has 2 fully saturated rings. The maximum absolute atomic E-state index is 15.5. The predicted molar refractivity (Wildman–Crippen MR) is 132 cm³/mol. The van der Waals surface area contributed by atoms with Gasteiger partial charge in [0, 0.05) is 18.2 Å². The average Bonchev–Trinajstić information content (AvgIpc) is 3.23. The standard InChI is InChI=1S/C25H31ClF2N6O/c1-14(2)15(3)31-23-21(22(26)32-24-29-13-30-34(23)24)20-18(27)9-16(10-19(20)28)35-17-11-25(12-17)5-7-33(4)8-6-25/h9-10,13-15,17,31H,5-8,11-12H2,1-4H3/t15-/m1/s1. The minimum absolute atomic E-state index is 0.0241. The van der Waals surface area contributed by atoms with Crippen LogP contribution in [0.3, 0.4) is 0 Å². The fourth-order valence-corrected chi connectivity index (χ4v) is 5.35. The summed E-state index contributed by atoms with van der Waals surface area (Å²) in [5.41, 5.74) is 0.146. The molecule has 5 rings (SSSR count). The molecular formula is C25H31ClF2N6O. The summed E-state index contributed by atoms with van der Waals surface area (Å²) in [6, 6.07) is 2.43. The van der Waals surface area contributed by atoms with Crippen LogP contribution in [0.2, 0.25) is 5.15 Å². The zero-order chi connectivity index (χ0) is 24.9. The Morgan fingerprint density at radius 2 is 1.77 bits per heavy atom. The van der Waals surface area contributed by atoms with Crippen LogP contribution in [0.4, 0.5) is 14.6 Å². The Morgan fingerprint density at radius 3 is 2.40 bits per heavy atom. The lowest BCUT2D eigenvalue weighted by atomic mass is 9.61. The van der Waals surface area contributed by atoms with Crippen molar-refractivity contribution < 1.29 is 13.5 Å². The molecule has 1 aromatic carbocycles. The molecule has 1 spiro atoms. The van der Waals surface area contributed by atoms with Crippen molar-refractivity contribution in [3.63, 3.8) is 0 Å². The van der Waals surface area contributed by atoms with Crippen LogP contribution in [-0.4, -0.2) is 56.8 Å². The van der Waals surface area contributed by atoms with Gasteiger partial charge in [-0.2, -0.15) is 19.6 Å². The topological polar surface area (TPSA) is 67.6 Å². The molecule has 1 N–H and O–H groups in total. The minimum atomic E-state index is -0.767. The number of nitrogens with one attached hydrogen (secondary N) is 1. The van der Waals surface area contributed by atoms with E-state index in [1.807, 2.05) is 20.8 Å². The first-order valence-corrected chi connectivity index (χ1v) is 12.5. The van der Waals surface area contributed by atoms with E-state index in [0.29, 0.717) is 11.2 Å². The number of hydrogen-bond acceptors (Lipinski definition) is 6. The second-order valence-corrected chi connectivity index (χ2v) is 10.8. The first kappa shape index (κ1) is 24.2. The van der Waals surface area contributed by atoms with E-state index in [4.69, 9.17) is 16.3 Å². The van der Waals surface area contributed by atoms with Crippen molar-refractivity contribution in [2.45, 2.75) is 58.6 Å². The lowest BCUT2D eigenvalue weighted by Gasteiger charge is -2.51. The van der Waals surface area contributed by atoms with Gasteiger partial charge in [0.2, 0.25) is 0 Å². The van der Waals surface area contributed by atoms with Crippen molar-refractivity contribution in [1.82, 2.24) is 24.5 Å². The van der Waals surface area contributed by atoms with E-state index in [1.54, 1.807) is 0 Å². The molecule has 1 saturated heterocycles. The molecule has 0 unspecified atom stereocenters. The fourth-order valence-electron chi connectivity index (χ4n) is 5.09. The number of benzene rings is 1. The molecule has 1 saturated carbocycles. The first-order chi connectivity index (χ1) is 16.7. The monoisotopic (exact) mass is 504 g/mol. The summed E-state index contributed by atoms with van der Waals surface area (Å²) in [7, 11) is 2.14. The summed E-state index contributed by atoms with van der Waals surface area (Å²) in [5.74, 6) is -0.519. The molecule has 3 aromatic rings. The van der Waals surface area contributed by atoms with Crippen molar-refractivity contribution >= 4 is 23.2 Å². The summed E-state index contributed by atoms with van der Waals surface area (Å²) >= 11 is 6.46. The van der Waals surface area contributed by atoms with Crippen molar-refractivity contribution in [1.29, 1.82) is 0 Å². The first-order valence-electron chi connectivity index (χ1n) is 12.2. The molecule has 188 valence electrons. The van der Waals surface area contributed by atoms with Crippen LogP contribution in [0.5, 0.6) is 5.75 Å². The van der Waals surface area contributed by atoms with E-state index in [0.717, 1.165) is 38.8 Å². The molecule has 2 aromatic heterocycles. The number of rotatable bonds is 6. The second-order valence-electron chi connectivity index (χ2n) is 10.5. The van der Waals surface area contributed by atoms with Gasteiger partial charge >= 0.3 is 0 Å². The van der Waals surface area contributed by atoms with Gasteiger partial charge in [-0.3, -0.25) is 0 Å². The van der Waals surface area contributed by atoms with Crippen LogP contribution in [-0.2, 0) is 0 Å². The lowest BCUT2D eigenvalue weighted by molar-refractivity contribution is -0.0518. The van der Waals surface area contributed by atoms with E-state index < -0.39 is 11.6 Å². The van der Waals surface area contributed by atoms with E-state index in [2.05, 4.69) is 32.3 Å². The summed E-state index contributed by atoms with van der Waals surface area (Å²) in [6.45, 7) is 8.23. The molecular weight excluding hydrogens is 474 g/mol. The van der Waals surface area contributed by atoms with Crippen LogP contribution in [0.15, 0.2) is 18.5 Å². The third-order valence-corrected chi connectivity index (χ3v) is 7.96. The molecule has 1 atom stereocenters. The van der Waals surface area contributed by atoms with E-state index >= 15 is 8.78 Å². The molecule has 35 heavy (non-hydrogen) atoms. The molecule has 0 amide bonds. The van der Waals surface area contributed by atoms with Gasteiger partial charge in [-0.15, -0.1) is 0 Å². The number of hydrogen-bond donors (Lipinski definition) is 1. The fraction of sp³-hybridized carbons (Fsp3) is 0.560. The summed E-state index contributed by atoms with van der Waals surface area (Å²) in [6.07, 6.45) is 5.44. The molecule has 7 nitrogen and oxygen atoms in total. The number of anilines is 1. The predicted octanol–water partition coefficient (Wildman–Crippen LogP) is 5.43. The van der Waals surface area contributed by atoms with Crippen molar-refractivity contribution in [2.75, 3.05) is 25.5 Å². The lowest BCUT2D eigenvalue weighted by Crippen LogP contribution is -2.50. The smallest absolute Gasteiger partial charge is 0.255 e. The van der Waals surface area contributed by atoms with Gasteiger partial charge in [-0.1, -0.05) is 25.4 Å². The quantitative estimate of drug-likeness (QED) is 0.451. The molecule has 1 aliphatic carbocycles. The Morgan fingerprint density at radius 1 is 1.11 bits per heavy atom. The number of ether oxygens (including phenoxy) is 1. The SMILES string of the molecule is CC(C)[C@@H](C)Nc1c(-c2c(F)cc(OC3CC4(CCN(C)CC4)C3)cc2F)c(Cl)nc2ncnn12. The largest absolute Gasteiger partial charge is 0.490 e. The van der Waals surface area contributed by atoms with Crippen molar-refractivity contribution in [2.24, 2.45) is 11.3 Å². The van der Waals surface area contributed by atoms with Gasteiger partial charge in [0.1, 0.15) is 34.7 Å². The summed E-state index contributed by atoms with van der Waals surface area (Å²) in [4.78, 5) is 10.6. The Labute approximate surface area is 208 Å². The van der Waals surface area contributed by atoms with E-state index in [-0.39, 0.29) is 45.9 Å². The van der Waals surface area contributed by atoms with Crippen molar-refractivity contribution in [3.05, 3.63) is 35.2 Å². The number of aromatic nitrogens is 4. The number of halogens is 3. The number of likely N-dealkylation sites (tertiary alicyclic amines) is 1. The molecule has 10 heteroatoms. The minimum Gasteiger partial charge on any atom is -0.490 e. The summed E-state index contributed by atoms with van der Waals surface area (Å²) in [5, 5.41) is 7.43. The Kier molecular flexibility index (Phi) is 6.34. The van der Waals surface area contributed by atoms with Gasteiger partial charge in [0.05, 0.1) is 17.2 Å². The van der Waals surface area contributed by atoms with Crippen LogP contribution in [0.1, 0.15) is 46.5 Å². The average molecular weight is 505 g/mol. The zero-order valence-corrected chi connectivity index (χ0v) is 21.2. The molecule has 0 bridgehead atoms. The zero-order valence-electron chi connectivity index (χ0n) is 20.5. The van der Waals surface area contributed by atoms with Gasteiger partial charge < -0.3 is 15.0 Å². The van der Waals surface area contributed by atoms with Gasteiger partial charge in [-0.05, 0) is 64.1 Å². The highest BCUT2D eigenvalue weighted by atomic mass is 35.5. The number of fused-ring (bicyclic) bond motifs is 1. The normalized spacial score (nSPS) is 19.3. The molecule has 2 aliphatic rings. The third-order valence-electron chi connectivity index (χ3n) is 7.68. The van der Waals surface area contributed by atoms with Crippen LogP contribution >= 0.6 is 11.6 Å². The number of piperidine rings is 1. The number of nitrogens with zero attached hydrogens (tertiary/aromatic N) is 5. The Bertz CT molecular complexity index is 1210. The maximum atomic E-state index is 15.5. The van der Waals surface area contributed by atoms with Crippen molar-refractivity contribution in [3.8, 4) is 16.9 Å². The van der Waals surface area contributed by atoms with E-state index in [9.17, 15) is 0 Å². The third kappa shape index (κ3) is 4.56. The van der Waals surface area contributed by atoms with Crippen LogP contribution < -0.4 is 10.1 Å². The maximum Gasteiger partial charge on any atom is 0.255 e. The van der Waals surface area contributed by atoms with Gasteiger partial charge in [-0.25, -0.2) is 8.78 Å². The summed E-state index contributed by atoms with van der Waals surface area (Å²) < 4.78 is 38.3. The van der Waals surface area contributed by atoms with E-state index in [1.165, 1.54) is 23.0 Å². The molecule has 3 heterocycles. The van der Waals surface area contributed by atoms with Gasteiger partial charge in [0.25, 0.3) is 5.78 Å². The highest BCUT2D eigenvalue weighted by Gasteiger charge is 2.46. The highest BCUT2D eigenvalue weighted by Crippen LogP contribution is 2.50. The highest BCUT2D eigenvalue weighted by molar-refractivity contribution is 6.33. The Balaban J connectivity index is 1.44. The second kappa shape index (κ2) is 9.17. The molecule has 0 radical (unpaired) electrons. The van der Waals surface area contributed by atoms with Crippen LogP contribution in [0, 0.1) is 23.0 Å².